The average Bonchev–Trinajstić information content (AvgIpc) is 3.32. The topological polar surface area (TPSA) is 37.7 Å². The fraction of sp³-hybridized carbons (Fsp3) is 0.200. The summed E-state index contributed by atoms with van der Waals surface area (Å²) in [7, 11) is 1.68. The van der Waals surface area contributed by atoms with E-state index in [4.69, 9.17) is 9.84 Å². The van der Waals surface area contributed by atoms with Crippen LogP contribution in [0.15, 0.2) is 78.1 Å². The molecular formula is C20H19N3O. The molecule has 0 amide bonds. The molecule has 2 heterocycles. The van der Waals surface area contributed by atoms with Gasteiger partial charge in [0, 0.05) is 18.5 Å². The van der Waals surface area contributed by atoms with Gasteiger partial charge in [0.2, 0.25) is 0 Å². The maximum Gasteiger partial charge on any atom is 0.149 e. The highest BCUT2D eigenvalue weighted by Gasteiger charge is 2.33. The van der Waals surface area contributed by atoms with E-state index in [9.17, 15) is 0 Å². The SMILES string of the molecule is COc1ccc(C2=NN(c3ccccn3)C(C3C=CC=C3)C2)cc1. The first kappa shape index (κ1) is 14.7. The molecule has 0 saturated heterocycles. The summed E-state index contributed by atoms with van der Waals surface area (Å²) in [6.07, 6.45) is 11.4. The van der Waals surface area contributed by atoms with Crippen molar-refractivity contribution in [2.24, 2.45) is 11.0 Å². The smallest absolute Gasteiger partial charge is 0.149 e. The first-order chi connectivity index (χ1) is 11.8. The Morgan fingerprint density at radius 3 is 2.50 bits per heavy atom. The van der Waals surface area contributed by atoms with Crippen LogP contribution in [0.5, 0.6) is 5.75 Å². The minimum absolute atomic E-state index is 0.256. The number of anilines is 1. The van der Waals surface area contributed by atoms with Crippen molar-refractivity contribution >= 4 is 11.5 Å². The molecule has 0 radical (unpaired) electrons. The van der Waals surface area contributed by atoms with Crippen molar-refractivity contribution in [3.05, 3.63) is 78.5 Å². The van der Waals surface area contributed by atoms with E-state index in [1.807, 2.05) is 36.5 Å². The quantitative estimate of drug-likeness (QED) is 0.860. The van der Waals surface area contributed by atoms with Crippen LogP contribution in [-0.4, -0.2) is 23.8 Å². The predicted octanol–water partition coefficient (Wildman–Crippen LogP) is 3.82. The fourth-order valence-corrected chi connectivity index (χ4v) is 3.20. The van der Waals surface area contributed by atoms with E-state index in [2.05, 4.69) is 46.4 Å². The summed E-state index contributed by atoms with van der Waals surface area (Å²) in [6.45, 7) is 0. The highest BCUT2D eigenvalue weighted by Crippen LogP contribution is 2.32. The van der Waals surface area contributed by atoms with Crippen LogP contribution in [0.25, 0.3) is 0 Å². The van der Waals surface area contributed by atoms with Crippen molar-refractivity contribution in [1.29, 1.82) is 0 Å². The molecule has 1 unspecified atom stereocenters. The maximum absolute atomic E-state index is 5.25. The van der Waals surface area contributed by atoms with Crippen LogP contribution in [0.1, 0.15) is 12.0 Å². The van der Waals surface area contributed by atoms with Gasteiger partial charge in [-0.3, -0.25) is 0 Å². The average molecular weight is 317 g/mol. The number of hydrogen-bond donors (Lipinski definition) is 0. The predicted molar refractivity (Wildman–Crippen MR) is 96.4 cm³/mol. The van der Waals surface area contributed by atoms with Crippen LogP contribution in [0.3, 0.4) is 0 Å². The van der Waals surface area contributed by atoms with Crippen molar-refractivity contribution in [3.63, 3.8) is 0 Å². The summed E-state index contributed by atoms with van der Waals surface area (Å²) in [5.74, 6) is 2.10. The monoisotopic (exact) mass is 317 g/mol. The third kappa shape index (κ3) is 2.71. The van der Waals surface area contributed by atoms with Gasteiger partial charge in [-0.15, -0.1) is 0 Å². The van der Waals surface area contributed by atoms with Gasteiger partial charge in [-0.25, -0.2) is 9.99 Å². The Morgan fingerprint density at radius 1 is 1.04 bits per heavy atom. The number of benzene rings is 1. The summed E-state index contributed by atoms with van der Waals surface area (Å²) < 4.78 is 5.25. The van der Waals surface area contributed by atoms with E-state index in [-0.39, 0.29) is 6.04 Å². The summed E-state index contributed by atoms with van der Waals surface area (Å²) in [5.41, 5.74) is 2.21. The molecule has 1 aliphatic heterocycles. The summed E-state index contributed by atoms with van der Waals surface area (Å²) in [5, 5.41) is 6.95. The first-order valence-electron chi connectivity index (χ1n) is 8.12. The lowest BCUT2D eigenvalue weighted by Gasteiger charge is -2.25. The lowest BCUT2D eigenvalue weighted by Crippen LogP contribution is -2.32. The van der Waals surface area contributed by atoms with Gasteiger partial charge in [-0.2, -0.15) is 5.10 Å². The van der Waals surface area contributed by atoms with Gasteiger partial charge in [0.25, 0.3) is 0 Å². The lowest BCUT2D eigenvalue weighted by atomic mass is 9.94. The minimum Gasteiger partial charge on any atom is -0.497 e. The number of nitrogens with zero attached hydrogens (tertiary/aromatic N) is 3. The van der Waals surface area contributed by atoms with Crippen LogP contribution in [0.4, 0.5) is 5.82 Å². The van der Waals surface area contributed by atoms with Crippen molar-refractivity contribution in [1.82, 2.24) is 4.98 Å². The Kier molecular flexibility index (Phi) is 3.87. The Bertz CT molecular complexity index is 781. The molecule has 2 aromatic rings. The molecule has 120 valence electrons. The third-order valence-corrected chi connectivity index (χ3v) is 4.47. The molecule has 0 spiro atoms. The van der Waals surface area contributed by atoms with E-state index in [0.717, 1.165) is 29.3 Å². The van der Waals surface area contributed by atoms with Gasteiger partial charge < -0.3 is 4.74 Å². The molecule has 1 atom stereocenters. The van der Waals surface area contributed by atoms with E-state index in [1.165, 1.54) is 0 Å². The second-order valence-electron chi connectivity index (χ2n) is 5.93. The van der Waals surface area contributed by atoms with Crippen molar-refractivity contribution in [2.75, 3.05) is 12.1 Å². The molecule has 4 heteroatoms. The molecule has 0 fully saturated rings. The summed E-state index contributed by atoms with van der Waals surface area (Å²) in [6, 6.07) is 14.3. The van der Waals surface area contributed by atoms with Gasteiger partial charge in [0.05, 0.1) is 18.9 Å². The van der Waals surface area contributed by atoms with E-state index in [0.29, 0.717) is 5.92 Å². The molecule has 1 aliphatic carbocycles. The number of pyridine rings is 1. The molecule has 0 saturated carbocycles. The highest BCUT2D eigenvalue weighted by molar-refractivity contribution is 6.03. The lowest BCUT2D eigenvalue weighted by molar-refractivity contribution is 0.415. The molecule has 4 nitrogen and oxygen atoms in total. The molecule has 1 aromatic carbocycles. The standard InChI is InChI=1S/C20H19N3O/c1-24-17-11-9-15(10-12-17)18-14-19(16-6-2-3-7-16)23(22-18)20-8-4-5-13-21-20/h2-13,16,19H,14H2,1H3. The third-order valence-electron chi connectivity index (χ3n) is 4.47. The van der Waals surface area contributed by atoms with Crippen molar-refractivity contribution < 1.29 is 4.74 Å². The fourth-order valence-electron chi connectivity index (χ4n) is 3.20. The van der Waals surface area contributed by atoms with Crippen LogP contribution in [0, 0.1) is 5.92 Å². The molecular weight excluding hydrogens is 298 g/mol. The number of ether oxygens (including phenoxy) is 1. The molecule has 4 rings (SSSR count). The number of aromatic nitrogens is 1. The van der Waals surface area contributed by atoms with Gasteiger partial charge in [0.15, 0.2) is 0 Å². The van der Waals surface area contributed by atoms with E-state index >= 15 is 0 Å². The molecule has 1 aromatic heterocycles. The van der Waals surface area contributed by atoms with Gasteiger partial charge in [-0.1, -0.05) is 30.4 Å². The molecule has 0 bridgehead atoms. The van der Waals surface area contributed by atoms with Crippen molar-refractivity contribution in [3.8, 4) is 5.75 Å². The van der Waals surface area contributed by atoms with Crippen LogP contribution >= 0.6 is 0 Å². The van der Waals surface area contributed by atoms with E-state index < -0.39 is 0 Å². The summed E-state index contributed by atoms with van der Waals surface area (Å²) in [4.78, 5) is 4.49. The Labute approximate surface area is 141 Å². The number of methoxy groups -OCH3 is 1. The van der Waals surface area contributed by atoms with Gasteiger partial charge >= 0.3 is 0 Å². The minimum atomic E-state index is 0.256. The van der Waals surface area contributed by atoms with Crippen molar-refractivity contribution in [2.45, 2.75) is 12.5 Å². The number of hydrogen-bond acceptors (Lipinski definition) is 4. The van der Waals surface area contributed by atoms with Gasteiger partial charge in [-0.05, 0) is 42.0 Å². The Morgan fingerprint density at radius 2 is 1.83 bits per heavy atom. The van der Waals surface area contributed by atoms with Crippen LogP contribution in [0.2, 0.25) is 0 Å². The van der Waals surface area contributed by atoms with Crippen LogP contribution < -0.4 is 9.75 Å². The largest absolute Gasteiger partial charge is 0.497 e. The summed E-state index contributed by atoms with van der Waals surface area (Å²) >= 11 is 0. The molecule has 0 N–H and O–H groups in total. The second-order valence-corrected chi connectivity index (χ2v) is 5.93. The number of hydrazone groups is 1. The highest BCUT2D eigenvalue weighted by atomic mass is 16.5. The maximum atomic E-state index is 5.25. The zero-order chi connectivity index (χ0) is 16.4. The zero-order valence-corrected chi connectivity index (χ0v) is 13.5. The molecule has 24 heavy (non-hydrogen) atoms. The Hall–Kier alpha value is -2.88. The zero-order valence-electron chi connectivity index (χ0n) is 13.5. The van der Waals surface area contributed by atoms with E-state index in [1.54, 1.807) is 7.11 Å². The van der Waals surface area contributed by atoms with Crippen LogP contribution in [-0.2, 0) is 0 Å². The first-order valence-corrected chi connectivity index (χ1v) is 8.12. The molecule has 2 aliphatic rings. The van der Waals surface area contributed by atoms with Gasteiger partial charge in [0.1, 0.15) is 11.6 Å². The second kappa shape index (κ2) is 6.32. The number of allylic oxidation sites excluding steroid dienone is 2. The Balaban J connectivity index is 1.67. The normalized spacial score (nSPS) is 19.8. The number of rotatable bonds is 4.